The summed E-state index contributed by atoms with van der Waals surface area (Å²) in [5, 5.41) is 17.2. The van der Waals surface area contributed by atoms with Crippen LogP contribution in [-0.4, -0.2) is 16.7 Å². The molecular formula is C8H9N3O. The van der Waals surface area contributed by atoms with E-state index in [9.17, 15) is 0 Å². The van der Waals surface area contributed by atoms with Gasteiger partial charge in [-0.15, -0.1) is 0 Å². The second-order valence-corrected chi connectivity index (χ2v) is 2.38. The zero-order chi connectivity index (χ0) is 8.97. The van der Waals surface area contributed by atoms with Crippen molar-refractivity contribution in [1.29, 1.82) is 5.26 Å². The van der Waals surface area contributed by atoms with Crippen LogP contribution in [0, 0.1) is 11.3 Å². The molecule has 0 saturated heterocycles. The van der Waals surface area contributed by atoms with E-state index in [2.05, 4.69) is 4.98 Å². The van der Waals surface area contributed by atoms with Crippen molar-refractivity contribution in [2.24, 2.45) is 5.73 Å². The zero-order valence-corrected chi connectivity index (χ0v) is 6.44. The molecule has 0 aliphatic heterocycles. The molecule has 12 heavy (non-hydrogen) atoms. The Labute approximate surface area is 70.3 Å². The number of aromatic nitrogens is 1. The number of pyridine rings is 1. The van der Waals surface area contributed by atoms with E-state index in [1.165, 1.54) is 6.20 Å². The van der Waals surface area contributed by atoms with Gasteiger partial charge in [0.1, 0.15) is 11.8 Å². The molecule has 4 heteroatoms. The summed E-state index contributed by atoms with van der Waals surface area (Å²) in [6, 6.07) is 4.72. The van der Waals surface area contributed by atoms with E-state index in [1.807, 2.05) is 6.07 Å². The fourth-order valence-corrected chi connectivity index (χ4v) is 0.844. The van der Waals surface area contributed by atoms with Crippen molar-refractivity contribution >= 4 is 0 Å². The molecule has 4 nitrogen and oxygen atoms in total. The lowest BCUT2D eigenvalue weighted by Crippen LogP contribution is -2.14. The van der Waals surface area contributed by atoms with Crippen LogP contribution in [-0.2, 0) is 0 Å². The van der Waals surface area contributed by atoms with Gasteiger partial charge < -0.3 is 10.8 Å². The second-order valence-electron chi connectivity index (χ2n) is 2.38. The molecule has 1 atom stereocenters. The van der Waals surface area contributed by atoms with Crippen molar-refractivity contribution in [3.8, 4) is 6.07 Å². The van der Waals surface area contributed by atoms with Crippen LogP contribution in [0.5, 0.6) is 0 Å². The van der Waals surface area contributed by atoms with Crippen molar-refractivity contribution < 1.29 is 5.11 Å². The Morgan fingerprint density at radius 1 is 1.75 bits per heavy atom. The van der Waals surface area contributed by atoms with E-state index >= 15 is 0 Å². The fourth-order valence-electron chi connectivity index (χ4n) is 0.844. The minimum absolute atomic E-state index is 0.130. The van der Waals surface area contributed by atoms with Crippen molar-refractivity contribution in [3.05, 3.63) is 29.6 Å². The molecule has 0 radical (unpaired) electrons. The molecule has 0 fully saturated rings. The van der Waals surface area contributed by atoms with Gasteiger partial charge in [0.15, 0.2) is 0 Å². The van der Waals surface area contributed by atoms with Crippen molar-refractivity contribution in [1.82, 2.24) is 4.98 Å². The smallest absolute Gasteiger partial charge is 0.140 e. The molecule has 3 N–H and O–H groups in total. The number of aliphatic hydroxyl groups excluding tert-OH is 1. The highest BCUT2D eigenvalue weighted by Crippen LogP contribution is 2.08. The third-order valence-electron chi connectivity index (χ3n) is 1.52. The number of nitrogens with two attached hydrogens (primary N) is 1. The maximum absolute atomic E-state index is 8.72. The molecule has 0 aliphatic rings. The van der Waals surface area contributed by atoms with E-state index in [0.717, 1.165) is 5.56 Å². The van der Waals surface area contributed by atoms with E-state index in [0.29, 0.717) is 5.69 Å². The molecule has 0 aromatic carbocycles. The molecule has 62 valence electrons. The summed E-state index contributed by atoms with van der Waals surface area (Å²) in [7, 11) is 0. The van der Waals surface area contributed by atoms with E-state index in [4.69, 9.17) is 16.1 Å². The van der Waals surface area contributed by atoms with Crippen molar-refractivity contribution in [3.63, 3.8) is 0 Å². The van der Waals surface area contributed by atoms with Crippen LogP contribution >= 0.6 is 0 Å². The van der Waals surface area contributed by atoms with Gasteiger partial charge in [0, 0.05) is 6.20 Å². The van der Waals surface area contributed by atoms with Gasteiger partial charge in [0.05, 0.1) is 12.6 Å². The molecule has 0 unspecified atom stereocenters. The number of hydrogen-bond donors (Lipinski definition) is 2. The molecule has 0 spiro atoms. The lowest BCUT2D eigenvalue weighted by molar-refractivity contribution is 0.268. The van der Waals surface area contributed by atoms with Crippen LogP contribution in [0.3, 0.4) is 0 Å². The maximum atomic E-state index is 8.72. The lowest BCUT2D eigenvalue weighted by Gasteiger charge is -2.06. The lowest BCUT2D eigenvalue weighted by atomic mass is 10.1. The van der Waals surface area contributed by atoms with Crippen LogP contribution < -0.4 is 5.73 Å². The van der Waals surface area contributed by atoms with Gasteiger partial charge in [-0.05, 0) is 17.7 Å². The average Bonchev–Trinajstić information content (AvgIpc) is 2.17. The van der Waals surface area contributed by atoms with Crippen LogP contribution in [0.2, 0.25) is 0 Å². The summed E-state index contributed by atoms with van der Waals surface area (Å²) >= 11 is 0. The predicted octanol–water partition coefficient (Wildman–Crippen LogP) is -0.0546. The average molecular weight is 163 g/mol. The third-order valence-corrected chi connectivity index (χ3v) is 1.52. The molecule has 0 bridgehead atoms. The molecule has 0 saturated carbocycles. The van der Waals surface area contributed by atoms with Crippen molar-refractivity contribution in [2.75, 3.05) is 6.61 Å². The van der Waals surface area contributed by atoms with Gasteiger partial charge in [-0.25, -0.2) is 4.98 Å². The molecular weight excluding hydrogens is 154 g/mol. The second kappa shape index (κ2) is 3.81. The predicted molar refractivity (Wildman–Crippen MR) is 43.0 cm³/mol. The van der Waals surface area contributed by atoms with Crippen molar-refractivity contribution in [2.45, 2.75) is 6.04 Å². The van der Waals surface area contributed by atoms with Crippen LogP contribution in [0.1, 0.15) is 17.3 Å². The highest BCUT2D eigenvalue weighted by atomic mass is 16.3. The fraction of sp³-hybridized carbons (Fsp3) is 0.250. The number of hydrogen-bond acceptors (Lipinski definition) is 4. The Morgan fingerprint density at radius 3 is 3.08 bits per heavy atom. The highest BCUT2D eigenvalue weighted by molar-refractivity contribution is 5.27. The van der Waals surface area contributed by atoms with Crippen LogP contribution in [0.15, 0.2) is 18.3 Å². The number of rotatable bonds is 2. The Hall–Kier alpha value is -1.44. The normalized spacial score (nSPS) is 12.1. The SMILES string of the molecule is N#Cc1cc([C@H](N)CO)ccn1. The number of aliphatic hydroxyl groups is 1. The molecule has 1 rings (SSSR count). The summed E-state index contributed by atoms with van der Waals surface area (Å²) in [5.74, 6) is 0. The monoisotopic (exact) mass is 163 g/mol. The Morgan fingerprint density at radius 2 is 2.50 bits per heavy atom. The maximum Gasteiger partial charge on any atom is 0.140 e. The van der Waals surface area contributed by atoms with Gasteiger partial charge in [-0.1, -0.05) is 0 Å². The summed E-state index contributed by atoms with van der Waals surface area (Å²) in [6.45, 7) is -0.130. The summed E-state index contributed by atoms with van der Waals surface area (Å²) < 4.78 is 0. The molecule has 1 aromatic rings. The summed E-state index contributed by atoms with van der Waals surface area (Å²) in [4.78, 5) is 3.78. The first kappa shape index (κ1) is 8.65. The number of nitrogens with zero attached hydrogens (tertiary/aromatic N) is 2. The molecule has 1 aromatic heterocycles. The largest absolute Gasteiger partial charge is 0.394 e. The van der Waals surface area contributed by atoms with Crippen LogP contribution in [0.4, 0.5) is 0 Å². The first-order chi connectivity index (χ1) is 5.77. The zero-order valence-electron chi connectivity index (χ0n) is 6.44. The van der Waals surface area contributed by atoms with E-state index in [1.54, 1.807) is 12.1 Å². The van der Waals surface area contributed by atoms with E-state index in [-0.39, 0.29) is 6.61 Å². The molecule has 0 aliphatic carbocycles. The number of nitriles is 1. The summed E-state index contributed by atoms with van der Waals surface area (Å²) in [6.07, 6.45) is 1.50. The van der Waals surface area contributed by atoms with Gasteiger partial charge in [0.25, 0.3) is 0 Å². The quantitative estimate of drug-likeness (QED) is 0.640. The third kappa shape index (κ3) is 1.78. The first-order valence-corrected chi connectivity index (χ1v) is 3.50. The topological polar surface area (TPSA) is 82.9 Å². The van der Waals surface area contributed by atoms with Gasteiger partial charge >= 0.3 is 0 Å². The standard InChI is InChI=1S/C8H9N3O/c9-4-7-3-6(1-2-11-7)8(10)5-12/h1-3,8,12H,5,10H2/t8-/m1/s1. The Balaban J connectivity index is 2.95. The highest BCUT2D eigenvalue weighted by Gasteiger charge is 2.04. The molecule has 0 amide bonds. The Bertz CT molecular complexity index is 305. The minimum Gasteiger partial charge on any atom is -0.394 e. The first-order valence-electron chi connectivity index (χ1n) is 3.50. The van der Waals surface area contributed by atoms with Crippen LogP contribution in [0.25, 0.3) is 0 Å². The van der Waals surface area contributed by atoms with Gasteiger partial charge in [-0.2, -0.15) is 5.26 Å². The van der Waals surface area contributed by atoms with E-state index < -0.39 is 6.04 Å². The van der Waals surface area contributed by atoms with Gasteiger partial charge in [-0.3, -0.25) is 0 Å². The minimum atomic E-state index is -0.430. The Kier molecular flexibility index (Phi) is 2.75. The summed E-state index contributed by atoms with van der Waals surface area (Å²) in [5.41, 5.74) is 6.57. The van der Waals surface area contributed by atoms with Gasteiger partial charge in [0.2, 0.25) is 0 Å². The molecule has 1 heterocycles.